The van der Waals surface area contributed by atoms with Crippen LogP contribution in [0.5, 0.6) is 0 Å². The van der Waals surface area contributed by atoms with Crippen molar-refractivity contribution in [1.29, 1.82) is 0 Å². The van der Waals surface area contributed by atoms with Crippen LogP contribution in [0.4, 0.5) is 0 Å². The average Bonchev–Trinajstić information content (AvgIpc) is 2.00. The monoisotopic (exact) mass is 168 g/mol. The molecule has 0 bridgehead atoms. The lowest BCUT2D eigenvalue weighted by Gasteiger charge is -2.48. The van der Waals surface area contributed by atoms with E-state index in [4.69, 9.17) is 0 Å². The summed E-state index contributed by atoms with van der Waals surface area (Å²) in [4.78, 5) is 11.1. The third-order valence-electron chi connectivity index (χ3n) is 4.17. The third-order valence-corrected chi connectivity index (χ3v) is 4.17. The quantitative estimate of drug-likeness (QED) is 0.550. The summed E-state index contributed by atoms with van der Waals surface area (Å²) in [5, 5.41) is 0. The van der Waals surface area contributed by atoms with Crippen LogP contribution in [0.2, 0.25) is 0 Å². The minimum Gasteiger partial charge on any atom is -0.303 e. The van der Waals surface area contributed by atoms with Gasteiger partial charge >= 0.3 is 0 Å². The van der Waals surface area contributed by atoms with Crippen molar-refractivity contribution in [1.82, 2.24) is 0 Å². The first-order valence-corrected chi connectivity index (χ1v) is 4.90. The molecule has 70 valence electrons. The molecular weight excluding hydrogens is 148 g/mol. The van der Waals surface area contributed by atoms with Gasteiger partial charge in [0.1, 0.15) is 6.29 Å². The molecule has 0 N–H and O–H groups in total. The Hall–Kier alpha value is -0.330. The molecule has 0 aliphatic heterocycles. The Bertz CT molecular complexity index is 183. The van der Waals surface area contributed by atoms with E-state index >= 15 is 0 Å². The maximum atomic E-state index is 11.1. The zero-order chi connectivity index (χ0) is 9.41. The van der Waals surface area contributed by atoms with Crippen LogP contribution in [-0.2, 0) is 4.79 Å². The summed E-state index contributed by atoms with van der Waals surface area (Å²) < 4.78 is 0. The van der Waals surface area contributed by atoms with Gasteiger partial charge in [0.15, 0.2) is 0 Å². The summed E-state index contributed by atoms with van der Waals surface area (Å²) in [6.45, 7) is 8.76. The molecule has 0 aromatic heterocycles. The van der Waals surface area contributed by atoms with Crippen LogP contribution in [0.25, 0.3) is 0 Å². The second-order valence-electron chi connectivity index (χ2n) is 5.08. The molecule has 12 heavy (non-hydrogen) atoms. The summed E-state index contributed by atoms with van der Waals surface area (Å²) in [5.41, 5.74) is 0.0810. The Morgan fingerprint density at radius 2 is 1.92 bits per heavy atom. The molecule has 1 saturated carbocycles. The van der Waals surface area contributed by atoms with Gasteiger partial charge < -0.3 is 4.79 Å². The zero-order valence-corrected chi connectivity index (χ0v) is 8.68. The summed E-state index contributed by atoms with van der Waals surface area (Å²) in [5.74, 6) is 0.541. The maximum Gasteiger partial charge on any atom is 0.126 e. The Kier molecular flexibility index (Phi) is 2.33. The van der Waals surface area contributed by atoms with Gasteiger partial charge in [0.25, 0.3) is 0 Å². The van der Waals surface area contributed by atoms with Crippen LogP contribution in [0.1, 0.15) is 47.0 Å². The van der Waals surface area contributed by atoms with Crippen molar-refractivity contribution in [3.05, 3.63) is 0 Å². The molecule has 0 aromatic rings. The first-order chi connectivity index (χ1) is 5.44. The van der Waals surface area contributed by atoms with E-state index in [0.29, 0.717) is 5.92 Å². The largest absolute Gasteiger partial charge is 0.303 e. The highest BCUT2D eigenvalue weighted by molar-refractivity contribution is 5.61. The van der Waals surface area contributed by atoms with E-state index in [0.717, 1.165) is 0 Å². The van der Waals surface area contributed by atoms with Crippen molar-refractivity contribution in [2.45, 2.75) is 47.0 Å². The van der Waals surface area contributed by atoms with Gasteiger partial charge in [-0.15, -0.1) is 0 Å². The Balaban J connectivity index is 2.95. The van der Waals surface area contributed by atoms with Gasteiger partial charge in [-0.3, -0.25) is 0 Å². The zero-order valence-electron chi connectivity index (χ0n) is 8.68. The molecule has 1 fully saturated rings. The van der Waals surface area contributed by atoms with E-state index in [1.54, 1.807) is 0 Å². The maximum absolute atomic E-state index is 11.1. The molecule has 1 nitrogen and oxygen atoms in total. The number of carbonyl (C=O) groups is 1. The first-order valence-electron chi connectivity index (χ1n) is 4.90. The van der Waals surface area contributed by atoms with Crippen LogP contribution in [-0.4, -0.2) is 6.29 Å². The fourth-order valence-electron chi connectivity index (χ4n) is 2.36. The standard InChI is InChI=1S/C11H20O/c1-9-6-5-7-10(2,3)11(9,4)8-12/h8-9H,5-7H2,1-4H3. The van der Waals surface area contributed by atoms with Crippen molar-refractivity contribution in [3.63, 3.8) is 0 Å². The normalized spacial score (nSPS) is 40.8. The number of hydrogen-bond donors (Lipinski definition) is 0. The lowest BCUT2D eigenvalue weighted by molar-refractivity contribution is -0.129. The summed E-state index contributed by atoms with van der Waals surface area (Å²) in [6, 6.07) is 0. The van der Waals surface area contributed by atoms with Gasteiger partial charge in [0, 0.05) is 5.41 Å². The Morgan fingerprint density at radius 3 is 2.25 bits per heavy atom. The van der Waals surface area contributed by atoms with E-state index in [9.17, 15) is 4.79 Å². The fraction of sp³-hybridized carbons (Fsp3) is 0.909. The average molecular weight is 168 g/mol. The molecule has 0 amide bonds. The molecule has 1 aliphatic rings. The van der Waals surface area contributed by atoms with Crippen molar-refractivity contribution in [3.8, 4) is 0 Å². The number of carbonyl (C=O) groups excluding carboxylic acids is 1. The third kappa shape index (κ3) is 1.19. The minimum atomic E-state index is -0.106. The molecule has 2 atom stereocenters. The van der Waals surface area contributed by atoms with Crippen LogP contribution in [0, 0.1) is 16.7 Å². The molecule has 0 saturated heterocycles. The second kappa shape index (κ2) is 2.86. The van der Waals surface area contributed by atoms with Crippen molar-refractivity contribution in [2.75, 3.05) is 0 Å². The second-order valence-corrected chi connectivity index (χ2v) is 5.08. The molecule has 0 heterocycles. The van der Waals surface area contributed by atoms with E-state index in [-0.39, 0.29) is 10.8 Å². The molecular formula is C11H20O. The van der Waals surface area contributed by atoms with Crippen molar-refractivity contribution in [2.24, 2.45) is 16.7 Å². The summed E-state index contributed by atoms with van der Waals surface area (Å²) in [7, 11) is 0. The highest BCUT2D eigenvalue weighted by atomic mass is 16.1. The minimum absolute atomic E-state index is 0.106. The van der Waals surface area contributed by atoms with E-state index in [1.165, 1.54) is 25.5 Å². The number of rotatable bonds is 1. The van der Waals surface area contributed by atoms with Gasteiger partial charge in [-0.25, -0.2) is 0 Å². The van der Waals surface area contributed by atoms with E-state index in [2.05, 4.69) is 27.7 Å². The molecule has 0 aromatic carbocycles. The fourth-order valence-corrected chi connectivity index (χ4v) is 2.36. The topological polar surface area (TPSA) is 17.1 Å². The van der Waals surface area contributed by atoms with Gasteiger partial charge in [-0.1, -0.05) is 34.1 Å². The predicted molar refractivity (Wildman–Crippen MR) is 51.0 cm³/mol. The van der Waals surface area contributed by atoms with Crippen LogP contribution in [0.15, 0.2) is 0 Å². The van der Waals surface area contributed by atoms with Crippen molar-refractivity contribution < 1.29 is 4.79 Å². The van der Waals surface area contributed by atoms with Crippen LogP contribution >= 0.6 is 0 Å². The molecule has 1 rings (SSSR count). The molecule has 0 spiro atoms. The number of hydrogen-bond acceptors (Lipinski definition) is 1. The smallest absolute Gasteiger partial charge is 0.126 e. The molecule has 1 aliphatic carbocycles. The molecule has 0 radical (unpaired) electrons. The predicted octanol–water partition coefficient (Wildman–Crippen LogP) is 3.04. The summed E-state index contributed by atoms with van der Waals surface area (Å²) in [6.07, 6.45) is 4.85. The van der Waals surface area contributed by atoms with Crippen molar-refractivity contribution >= 4 is 6.29 Å². The Morgan fingerprint density at radius 1 is 1.33 bits per heavy atom. The SMILES string of the molecule is CC1CCCC(C)(C)C1(C)C=O. The molecule has 1 heteroatoms. The molecule has 2 unspecified atom stereocenters. The van der Waals surface area contributed by atoms with Gasteiger partial charge in [0.05, 0.1) is 0 Å². The Labute approximate surface area is 75.5 Å². The van der Waals surface area contributed by atoms with Gasteiger partial charge in [-0.2, -0.15) is 0 Å². The van der Waals surface area contributed by atoms with E-state index in [1.807, 2.05) is 0 Å². The highest BCUT2D eigenvalue weighted by Gasteiger charge is 2.46. The van der Waals surface area contributed by atoms with Gasteiger partial charge in [0.2, 0.25) is 0 Å². The van der Waals surface area contributed by atoms with Crippen LogP contribution < -0.4 is 0 Å². The highest BCUT2D eigenvalue weighted by Crippen LogP contribution is 2.51. The van der Waals surface area contributed by atoms with Gasteiger partial charge in [-0.05, 0) is 24.2 Å². The first kappa shape index (κ1) is 9.76. The lowest BCUT2D eigenvalue weighted by Crippen LogP contribution is -2.44. The lowest BCUT2D eigenvalue weighted by atomic mass is 9.55. The van der Waals surface area contributed by atoms with Crippen LogP contribution in [0.3, 0.4) is 0 Å². The number of aldehydes is 1. The van der Waals surface area contributed by atoms with E-state index < -0.39 is 0 Å². The summed E-state index contributed by atoms with van der Waals surface area (Å²) >= 11 is 0.